The Balaban J connectivity index is 2.09. The Bertz CT molecular complexity index is 1190. The van der Waals surface area contributed by atoms with E-state index in [4.69, 9.17) is 9.15 Å². The number of hydrogen-bond acceptors (Lipinski definition) is 6. The van der Waals surface area contributed by atoms with E-state index in [0.717, 1.165) is 21.3 Å². The Labute approximate surface area is 155 Å². The molecule has 3 aromatic rings. The average Bonchev–Trinajstić information content (AvgIpc) is 3.00. The van der Waals surface area contributed by atoms with Gasteiger partial charge in [0.2, 0.25) is 0 Å². The van der Waals surface area contributed by atoms with Gasteiger partial charge in [-0.15, -0.1) is 0 Å². The summed E-state index contributed by atoms with van der Waals surface area (Å²) in [6, 6.07) is 7.03. The maximum Gasteiger partial charge on any atom is 0.332 e. The predicted molar refractivity (Wildman–Crippen MR) is 101 cm³/mol. The Kier molecular flexibility index (Phi) is 4.54. The van der Waals surface area contributed by atoms with Crippen LogP contribution in [0.15, 0.2) is 32.2 Å². The van der Waals surface area contributed by atoms with Gasteiger partial charge in [0.1, 0.15) is 29.0 Å². The monoisotopic (exact) mass is 368 g/mol. The first kappa shape index (κ1) is 18.3. The highest BCUT2D eigenvalue weighted by atomic mass is 16.5. The first-order valence-electron chi connectivity index (χ1n) is 8.33. The zero-order valence-electron chi connectivity index (χ0n) is 15.8. The minimum Gasteiger partial charge on any atom is -0.497 e. The number of nitriles is 1. The summed E-state index contributed by atoms with van der Waals surface area (Å²) >= 11 is 0. The van der Waals surface area contributed by atoms with E-state index >= 15 is 0 Å². The molecule has 0 fully saturated rings. The van der Waals surface area contributed by atoms with Crippen LogP contribution in [0.1, 0.15) is 29.9 Å². The fraction of sp³-hybridized carbons (Fsp3) is 0.316. The largest absolute Gasteiger partial charge is 0.497 e. The van der Waals surface area contributed by atoms with Gasteiger partial charge < -0.3 is 14.5 Å². The number of anilines is 1. The van der Waals surface area contributed by atoms with E-state index in [9.17, 15) is 14.9 Å². The van der Waals surface area contributed by atoms with Gasteiger partial charge in [-0.05, 0) is 32.0 Å². The quantitative estimate of drug-likeness (QED) is 0.757. The van der Waals surface area contributed by atoms with Crippen LogP contribution < -0.4 is 21.3 Å². The van der Waals surface area contributed by atoms with E-state index < -0.39 is 11.2 Å². The highest BCUT2D eigenvalue weighted by Gasteiger charge is 2.21. The highest BCUT2D eigenvalue weighted by Crippen LogP contribution is 2.33. The Morgan fingerprint density at radius 2 is 1.96 bits per heavy atom. The molecule has 1 atom stereocenters. The molecule has 0 spiro atoms. The Morgan fingerprint density at radius 1 is 1.26 bits per heavy atom. The molecule has 2 heterocycles. The van der Waals surface area contributed by atoms with Crippen LogP contribution >= 0.6 is 0 Å². The second-order valence-corrected chi connectivity index (χ2v) is 6.36. The lowest BCUT2D eigenvalue weighted by Crippen LogP contribution is -2.40. The van der Waals surface area contributed by atoms with Gasteiger partial charge >= 0.3 is 5.69 Å². The van der Waals surface area contributed by atoms with Crippen LogP contribution in [-0.4, -0.2) is 16.2 Å². The van der Waals surface area contributed by atoms with Crippen molar-refractivity contribution in [3.63, 3.8) is 0 Å². The molecule has 0 saturated heterocycles. The maximum atomic E-state index is 12.2. The van der Waals surface area contributed by atoms with Crippen molar-refractivity contribution in [1.29, 1.82) is 5.26 Å². The predicted octanol–water partition coefficient (Wildman–Crippen LogP) is 2.19. The molecule has 0 amide bonds. The highest BCUT2D eigenvalue weighted by molar-refractivity contribution is 5.83. The number of methoxy groups -OCH3 is 1. The third-order valence-electron chi connectivity index (χ3n) is 4.70. The average molecular weight is 368 g/mol. The summed E-state index contributed by atoms with van der Waals surface area (Å²) in [4.78, 5) is 24.5. The van der Waals surface area contributed by atoms with Gasteiger partial charge in [-0.1, -0.05) is 0 Å². The van der Waals surface area contributed by atoms with Crippen molar-refractivity contribution >= 4 is 16.8 Å². The molecule has 8 nitrogen and oxygen atoms in total. The summed E-state index contributed by atoms with van der Waals surface area (Å²) in [6.45, 7) is 3.76. The third-order valence-corrected chi connectivity index (χ3v) is 4.70. The minimum absolute atomic E-state index is 0.123. The topological polar surface area (TPSA) is 102 Å². The molecular weight excluding hydrogens is 348 g/mol. The number of hydrogen-bond donors (Lipinski definition) is 1. The van der Waals surface area contributed by atoms with Crippen LogP contribution in [0.5, 0.6) is 5.75 Å². The van der Waals surface area contributed by atoms with E-state index in [-0.39, 0.29) is 17.4 Å². The number of ether oxygens (including phenoxy) is 1. The standard InChI is InChI=1S/C19H20N4O4/c1-10-13-8-12(26-5)6-7-15(13)27-16(10)11(2)21-17-14(9-20)18(24)23(4)19(25)22(17)3/h6-8,11,21H,1-5H3. The summed E-state index contributed by atoms with van der Waals surface area (Å²) in [6.07, 6.45) is 0. The fourth-order valence-corrected chi connectivity index (χ4v) is 3.14. The number of benzene rings is 1. The molecule has 0 radical (unpaired) electrons. The molecule has 0 aliphatic rings. The van der Waals surface area contributed by atoms with Gasteiger partial charge in [0.05, 0.1) is 13.2 Å². The van der Waals surface area contributed by atoms with E-state index in [1.807, 2.05) is 38.1 Å². The van der Waals surface area contributed by atoms with Crippen LogP contribution in [0.3, 0.4) is 0 Å². The zero-order valence-corrected chi connectivity index (χ0v) is 15.8. The molecule has 1 N–H and O–H groups in total. The summed E-state index contributed by atoms with van der Waals surface area (Å²) in [5, 5.41) is 13.4. The van der Waals surface area contributed by atoms with Gasteiger partial charge in [-0.3, -0.25) is 13.9 Å². The van der Waals surface area contributed by atoms with Gasteiger partial charge in [0, 0.05) is 25.0 Å². The number of nitrogens with one attached hydrogen (secondary N) is 1. The number of aryl methyl sites for hydroxylation is 1. The molecule has 0 saturated carbocycles. The van der Waals surface area contributed by atoms with Crippen LogP contribution in [0.4, 0.5) is 5.82 Å². The number of nitrogens with zero attached hydrogens (tertiary/aromatic N) is 3. The number of rotatable bonds is 4. The minimum atomic E-state index is -0.638. The van der Waals surface area contributed by atoms with Crippen molar-refractivity contribution in [1.82, 2.24) is 9.13 Å². The summed E-state index contributed by atoms with van der Waals surface area (Å²) in [7, 11) is 4.45. The SMILES string of the molecule is COc1ccc2oc(C(C)Nc3c(C#N)c(=O)n(C)c(=O)n3C)c(C)c2c1. The summed E-state index contributed by atoms with van der Waals surface area (Å²) < 4.78 is 13.4. The smallest absolute Gasteiger partial charge is 0.332 e. The van der Waals surface area contributed by atoms with Gasteiger partial charge in [0.25, 0.3) is 5.56 Å². The van der Waals surface area contributed by atoms with Crippen molar-refractivity contribution in [2.75, 3.05) is 12.4 Å². The summed E-state index contributed by atoms with van der Waals surface area (Å²) in [5.74, 6) is 1.53. The number of fused-ring (bicyclic) bond motifs is 1. The van der Waals surface area contributed by atoms with Crippen LogP contribution in [-0.2, 0) is 14.1 Å². The molecule has 1 unspecified atom stereocenters. The summed E-state index contributed by atoms with van der Waals surface area (Å²) in [5.41, 5.74) is 0.342. The molecule has 0 bridgehead atoms. The zero-order chi connectivity index (χ0) is 19.9. The van der Waals surface area contributed by atoms with Crippen LogP contribution in [0.25, 0.3) is 11.0 Å². The second-order valence-electron chi connectivity index (χ2n) is 6.36. The van der Waals surface area contributed by atoms with Crippen molar-refractivity contribution in [2.24, 2.45) is 14.1 Å². The van der Waals surface area contributed by atoms with Gasteiger partial charge in [-0.25, -0.2) is 4.79 Å². The normalized spacial score (nSPS) is 12.0. The second kappa shape index (κ2) is 6.68. The van der Waals surface area contributed by atoms with Gasteiger partial charge in [-0.2, -0.15) is 5.26 Å². The molecule has 27 heavy (non-hydrogen) atoms. The van der Waals surface area contributed by atoms with Crippen molar-refractivity contribution < 1.29 is 9.15 Å². The van der Waals surface area contributed by atoms with E-state index in [1.54, 1.807) is 7.11 Å². The Hall–Kier alpha value is -3.47. The lowest BCUT2D eigenvalue weighted by atomic mass is 10.1. The number of furan rings is 1. The molecule has 8 heteroatoms. The molecule has 140 valence electrons. The first-order chi connectivity index (χ1) is 12.8. The van der Waals surface area contributed by atoms with Crippen molar-refractivity contribution in [3.05, 3.63) is 55.9 Å². The van der Waals surface area contributed by atoms with Crippen molar-refractivity contribution in [2.45, 2.75) is 19.9 Å². The molecule has 0 aliphatic heterocycles. The lowest BCUT2D eigenvalue weighted by molar-refractivity contribution is 0.415. The van der Waals surface area contributed by atoms with E-state index in [2.05, 4.69) is 5.32 Å². The first-order valence-corrected chi connectivity index (χ1v) is 8.33. The fourth-order valence-electron chi connectivity index (χ4n) is 3.14. The maximum absolute atomic E-state index is 12.2. The van der Waals surface area contributed by atoms with Crippen LogP contribution in [0.2, 0.25) is 0 Å². The molecular formula is C19H20N4O4. The molecule has 0 aliphatic carbocycles. The lowest BCUT2D eigenvalue weighted by Gasteiger charge is -2.18. The van der Waals surface area contributed by atoms with E-state index in [0.29, 0.717) is 11.3 Å². The molecule has 3 rings (SSSR count). The van der Waals surface area contributed by atoms with E-state index in [1.165, 1.54) is 18.7 Å². The number of aromatic nitrogens is 2. The Morgan fingerprint density at radius 3 is 2.59 bits per heavy atom. The van der Waals surface area contributed by atoms with Crippen molar-refractivity contribution in [3.8, 4) is 11.8 Å². The molecule has 1 aromatic carbocycles. The van der Waals surface area contributed by atoms with Crippen LogP contribution in [0, 0.1) is 18.3 Å². The third kappa shape index (κ3) is 2.87. The van der Waals surface area contributed by atoms with Gasteiger partial charge in [0.15, 0.2) is 5.56 Å². The molecule has 2 aromatic heterocycles.